The molecule has 2 rings (SSSR count). The van der Waals surface area contributed by atoms with Crippen molar-refractivity contribution in [2.75, 3.05) is 30.3 Å². The lowest BCUT2D eigenvalue weighted by Crippen LogP contribution is -2.53. The Hall–Kier alpha value is -1.76. The molecule has 1 aliphatic heterocycles. The summed E-state index contributed by atoms with van der Waals surface area (Å²) in [5, 5.41) is 0. The van der Waals surface area contributed by atoms with Gasteiger partial charge in [0.25, 0.3) is 0 Å². The summed E-state index contributed by atoms with van der Waals surface area (Å²) < 4.78 is 6.05. The van der Waals surface area contributed by atoms with Gasteiger partial charge in [-0.05, 0) is 48.8 Å². The number of para-hydroxylation sites is 1. The summed E-state index contributed by atoms with van der Waals surface area (Å²) in [6.07, 6.45) is -0.472. The third-order valence-corrected chi connectivity index (χ3v) is 3.80. The molecule has 1 aliphatic rings. The molecular formula is C15H20BrN3O3. The zero-order valence-corrected chi connectivity index (χ0v) is 14.5. The van der Waals surface area contributed by atoms with Crippen LogP contribution in [0.5, 0.6) is 0 Å². The van der Waals surface area contributed by atoms with E-state index in [4.69, 9.17) is 10.5 Å². The minimum absolute atomic E-state index is 0.0182. The standard InChI is InChI=1S/C15H20BrN3O3/c1-15(2,3)22-14(21)18-7-8-19(12(20)9-18)13-10(16)5-4-6-11(13)17/h4-6H,7-9,17H2,1-3H3. The van der Waals surface area contributed by atoms with Crippen molar-refractivity contribution in [2.24, 2.45) is 0 Å². The molecule has 0 saturated carbocycles. The number of carbonyl (C=O) groups is 2. The van der Waals surface area contributed by atoms with Gasteiger partial charge in [-0.1, -0.05) is 6.07 Å². The highest BCUT2D eigenvalue weighted by Gasteiger charge is 2.32. The summed E-state index contributed by atoms with van der Waals surface area (Å²) in [6.45, 7) is 6.16. The molecule has 7 heteroatoms. The van der Waals surface area contributed by atoms with Crippen LogP contribution in [-0.2, 0) is 9.53 Å². The number of nitrogen functional groups attached to an aromatic ring is 1. The zero-order valence-electron chi connectivity index (χ0n) is 12.9. The Kier molecular flexibility index (Phi) is 4.65. The summed E-state index contributed by atoms with van der Waals surface area (Å²) >= 11 is 3.41. The molecule has 1 aromatic carbocycles. The third kappa shape index (κ3) is 3.71. The number of piperazine rings is 1. The van der Waals surface area contributed by atoms with E-state index in [0.717, 1.165) is 4.47 Å². The maximum atomic E-state index is 12.4. The van der Waals surface area contributed by atoms with Crippen LogP contribution >= 0.6 is 15.9 Å². The van der Waals surface area contributed by atoms with E-state index in [9.17, 15) is 9.59 Å². The molecule has 0 aliphatic carbocycles. The van der Waals surface area contributed by atoms with Gasteiger partial charge in [0.1, 0.15) is 12.1 Å². The van der Waals surface area contributed by atoms with Crippen molar-refractivity contribution in [3.63, 3.8) is 0 Å². The molecular weight excluding hydrogens is 350 g/mol. The fourth-order valence-corrected chi connectivity index (χ4v) is 2.80. The van der Waals surface area contributed by atoms with E-state index in [1.54, 1.807) is 31.7 Å². The molecule has 0 radical (unpaired) electrons. The molecule has 0 aromatic heterocycles. The predicted octanol–water partition coefficient (Wildman–Crippen LogP) is 2.62. The van der Waals surface area contributed by atoms with E-state index in [0.29, 0.717) is 24.5 Å². The SMILES string of the molecule is CC(C)(C)OC(=O)N1CCN(c2c(N)cccc2Br)C(=O)C1. The fourth-order valence-electron chi connectivity index (χ4n) is 2.21. The number of benzene rings is 1. The van der Waals surface area contributed by atoms with Gasteiger partial charge in [-0.3, -0.25) is 9.69 Å². The maximum absolute atomic E-state index is 12.4. The van der Waals surface area contributed by atoms with E-state index >= 15 is 0 Å². The molecule has 0 unspecified atom stereocenters. The van der Waals surface area contributed by atoms with Gasteiger partial charge in [0.05, 0.1) is 11.4 Å². The molecule has 2 N–H and O–H groups in total. The Labute approximate surface area is 138 Å². The largest absolute Gasteiger partial charge is 0.444 e. The minimum atomic E-state index is -0.579. The van der Waals surface area contributed by atoms with Crippen LogP contribution in [0.25, 0.3) is 0 Å². The average Bonchev–Trinajstić information content (AvgIpc) is 2.38. The highest BCUT2D eigenvalue weighted by atomic mass is 79.9. The van der Waals surface area contributed by atoms with E-state index in [1.807, 2.05) is 12.1 Å². The Balaban J connectivity index is 2.11. The molecule has 0 atom stereocenters. The first kappa shape index (κ1) is 16.6. The Morgan fingerprint density at radius 3 is 2.55 bits per heavy atom. The van der Waals surface area contributed by atoms with E-state index in [2.05, 4.69) is 15.9 Å². The molecule has 1 saturated heterocycles. The highest BCUT2D eigenvalue weighted by molar-refractivity contribution is 9.10. The number of halogens is 1. The summed E-state index contributed by atoms with van der Waals surface area (Å²) in [5.74, 6) is -0.185. The van der Waals surface area contributed by atoms with Crippen LogP contribution in [0.15, 0.2) is 22.7 Å². The van der Waals surface area contributed by atoms with Crippen LogP contribution in [0.3, 0.4) is 0 Å². The number of carbonyl (C=O) groups excluding carboxylic acids is 2. The zero-order chi connectivity index (χ0) is 16.5. The third-order valence-electron chi connectivity index (χ3n) is 3.16. The van der Waals surface area contributed by atoms with Crippen molar-refractivity contribution in [1.82, 2.24) is 4.90 Å². The first-order valence-corrected chi connectivity index (χ1v) is 7.80. The minimum Gasteiger partial charge on any atom is -0.444 e. The molecule has 0 bridgehead atoms. The van der Waals surface area contributed by atoms with Gasteiger partial charge in [0, 0.05) is 17.6 Å². The maximum Gasteiger partial charge on any atom is 0.410 e. The topological polar surface area (TPSA) is 75.9 Å². The van der Waals surface area contributed by atoms with Crippen molar-refractivity contribution < 1.29 is 14.3 Å². The van der Waals surface area contributed by atoms with Crippen molar-refractivity contribution in [3.8, 4) is 0 Å². The number of amides is 2. The number of rotatable bonds is 1. The van der Waals surface area contributed by atoms with Gasteiger partial charge in [-0.15, -0.1) is 0 Å². The highest BCUT2D eigenvalue weighted by Crippen LogP contribution is 2.33. The second-order valence-electron chi connectivity index (χ2n) is 6.12. The Bertz CT molecular complexity index is 578. The molecule has 22 heavy (non-hydrogen) atoms. The van der Waals surface area contributed by atoms with Crippen molar-refractivity contribution in [1.29, 1.82) is 0 Å². The normalized spacial score (nSPS) is 15.9. The number of hydrogen-bond acceptors (Lipinski definition) is 4. The second kappa shape index (κ2) is 6.16. The first-order valence-electron chi connectivity index (χ1n) is 7.01. The van der Waals surface area contributed by atoms with Gasteiger partial charge in [0.15, 0.2) is 0 Å². The number of nitrogens with two attached hydrogens (primary N) is 1. The lowest BCUT2D eigenvalue weighted by molar-refractivity contribution is -0.121. The number of hydrogen-bond donors (Lipinski definition) is 1. The van der Waals surface area contributed by atoms with Gasteiger partial charge < -0.3 is 15.4 Å². The van der Waals surface area contributed by atoms with E-state index in [-0.39, 0.29) is 12.5 Å². The molecule has 0 spiro atoms. The quantitative estimate of drug-likeness (QED) is 0.771. The van der Waals surface area contributed by atoms with Crippen LogP contribution in [0.1, 0.15) is 20.8 Å². The number of anilines is 2. The molecule has 1 aromatic rings. The van der Waals surface area contributed by atoms with E-state index in [1.165, 1.54) is 4.90 Å². The molecule has 120 valence electrons. The Morgan fingerprint density at radius 2 is 2.00 bits per heavy atom. The van der Waals surface area contributed by atoms with E-state index < -0.39 is 11.7 Å². The van der Waals surface area contributed by atoms with Crippen LogP contribution in [0.2, 0.25) is 0 Å². The van der Waals surface area contributed by atoms with Crippen molar-refractivity contribution >= 4 is 39.3 Å². The van der Waals surface area contributed by atoms with Crippen LogP contribution in [-0.4, -0.2) is 42.1 Å². The number of nitrogens with zero attached hydrogens (tertiary/aromatic N) is 2. The second-order valence-corrected chi connectivity index (χ2v) is 6.98. The lowest BCUT2D eigenvalue weighted by atomic mass is 10.2. The smallest absolute Gasteiger partial charge is 0.410 e. The molecule has 1 heterocycles. The predicted molar refractivity (Wildman–Crippen MR) is 88.7 cm³/mol. The number of ether oxygens (including phenoxy) is 1. The van der Waals surface area contributed by atoms with Gasteiger partial charge in [-0.2, -0.15) is 0 Å². The molecule has 2 amide bonds. The van der Waals surface area contributed by atoms with Gasteiger partial charge in [0.2, 0.25) is 5.91 Å². The average molecular weight is 370 g/mol. The fraction of sp³-hybridized carbons (Fsp3) is 0.467. The monoisotopic (exact) mass is 369 g/mol. The van der Waals surface area contributed by atoms with Crippen LogP contribution < -0.4 is 10.6 Å². The van der Waals surface area contributed by atoms with Crippen molar-refractivity contribution in [2.45, 2.75) is 26.4 Å². The van der Waals surface area contributed by atoms with Crippen LogP contribution in [0, 0.1) is 0 Å². The Morgan fingerprint density at radius 1 is 1.32 bits per heavy atom. The van der Waals surface area contributed by atoms with Gasteiger partial charge in [-0.25, -0.2) is 4.79 Å². The summed E-state index contributed by atoms with van der Waals surface area (Å²) in [4.78, 5) is 27.4. The van der Waals surface area contributed by atoms with Crippen molar-refractivity contribution in [3.05, 3.63) is 22.7 Å². The summed E-state index contributed by atoms with van der Waals surface area (Å²) in [5.41, 5.74) is 6.55. The van der Waals surface area contributed by atoms with Gasteiger partial charge >= 0.3 is 6.09 Å². The summed E-state index contributed by atoms with van der Waals surface area (Å²) in [7, 11) is 0. The lowest BCUT2D eigenvalue weighted by Gasteiger charge is -2.36. The van der Waals surface area contributed by atoms with Crippen LogP contribution in [0.4, 0.5) is 16.2 Å². The molecule has 6 nitrogen and oxygen atoms in total. The molecule has 1 fully saturated rings. The first-order chi connectivity index (χ1) is 10.2. The summed E-state index contributed by atoms with van der Waals surface area (Å²) in [6, 6.07) is 5.39.